The van der Waals surface area contributed by atoms with Crippen molar-refractivity contribution in [3.05, 3.63) is 83.9 Å². The molecule has 0 fully saturated rings. The van der Waals surface area contributed by atoms with E-state index in [0.29, 0.717) is 17.2 Å². The normalized spacial score (nSPS) is 11.1. The largest absolute Gasteiger partial charge is 0.497 e. The molecule has 3 aromatic carbocycles. The monoisotopic (exact) mass is 469 g/mol. The van der Waals surface area contributed by atoms with Crippen LogP contribution in [-0.4, -0.2) is 38.4 Å². The first kappa shape index (κ1) is 21.9. The number of thioether (sulfide) groups is 1. The summed E-state index contributed by atoms with van der Waals surface area (Å²) in [7, 11) is 1.63. The van der Waals surface area contributed by atoms with Gasteiger partial charge in [-0.3, -0.25) is 9.20 Å². The predicted octanol–water partition coefficient (Wildman–Crippen LogP) is 4.67. The Hall–Kier alpha value is -3.91. The fraction of sp³-hybridized carbons (Fsp3) is 0.154. The molecule has 170 valence electrons. The number of fused-ring (bicyclic) bond motifs is 3. The Balaban J connectivity index is 1.39. The third-order valence-electron chi connectivity index (χ3n) is 5.50. The van der Waals surface area contributed by atoms with E-state index in [1.807, 2.05) is 65.1 Å². The molecule has 8 heteroatoms. The number of hydrogen-bond donors (Lipinski definition) is 1. The third kappa shape index (κ3) is 4.45. The van der Waals surface area contributed by atoms with Crippen molar-refractivity contribution >= 4 is 34.3 Å². The number of nitrogens with zero attached hydrogens (tertiary/aromatic N) is 4. The second-order valence-corrected chi connectivity index (χ2v) is 8.83. The maximum Gasteiger partial charge on any atom is 0.230 e. The van der Waals surface area contributed by atoms with Gasteiger partial charge in [0.1, 0.15) is 10.8 Å². The van der Waals surface area contributed by atoms with E-state index in [1.54, 1.807) is 7.11 Å². The summed E-state index contributed by atoms with van der Waals surface area (Å²) in [5, 5.41) is 12.5. The van der Waals surface area contributed by atoms with Crippen molar-refractivity contribution in [2.45, 2.75) is 18.5 Å². The molecule has 0 spiro atoms. The van der Waals surface area contributed by atoms with Crippen molar-refractivity contribution in [3.8, 4) is 17.1 Å². The van der Waals surface area contributed by atoms with E-state index in [2.05, 4.69) is 34.6 Å². The zero-order chi connectivity index (χ0) is 23.5. The second-order valence-electron chi connectivity index (χ2n) is 7.87. The minimum Gasteiger partial charge on any atom is -0.497 e. The molecule has 2 aromatic heterocycles. The highest BCUT2D eigenvalue weighted by atomic mass is 32.2. The molecule has 0 atom stereocenters. The zero-order valence-corrected chi connectivity index (χ0v) is 19.7. The Morgan fingerprint density at radius 2 is 1.76 bits per heavy atom. The van der Waals surface area contributed by atoms with Crippen LogP contribution in [0, 0.1) is 6.92 Å². The number of aromatic nitrogens is 4. The topological polar surface area (TPSA) is 81.4 Å². The van der Waals surface area contributed by atoms with Crippen molar-refractivity contribution in [1.82, 2.24) is 24.9 Å². The van der Waals surface area contributed by atoms with Gasteiger partial charge in [0.25, 0.3) is 0 Å². The lowest BCUT2D eigenvalue weighted by Gasteiger charge is -2.09. The second kappa shape index (κ2) is 9.52. The Kier molecular flexibility index (Phi) is 6.14. The van der Waals surface area contributed by atoms with Crippen LogP contribution in [0.2, 0.25) is 0 Å². The lowest BCUT2D eigenvalue weighted by atomic mass is 10.1. The molecule has 0 radical (unpaired) electrons. The van der Waals surface area contributed by atoms with Crippen LogP contribution in [0.1, 0.15) is 11.1 Å². The Labute approximate surface area is 201 Å². The van der Waals surface area contributed by atoms with Gasteiger partial charge in [-0.15, -0.1) is 10.2 Å². The van der Waals surface area contributed by atoms with Crippen molar-refractivity contribution in [1.29, 1.82) is 0 Å². The molecule has 0 bridgehead atoms. The van der Waals surface area contributed by atoms with Gasteiger partial charge >= 0.3 is 0 Å². The van der Waals surface area contributed by atoms with Crippen molar-refractivity contribution < 1.29 is 9.53 Å². The van der Waals surface area contributed by atoms with Gasteiger partial charge in [-0.05, 0) is 36.8 Å². The minimum absolute atomic E-state index is 0.0767. The summed E-state index contributed by atoms with van der Waals surface area (Å²) in [5.74, 6) is 1.69. The molecule has 0 aliphatic carbocycles. The average molecular weight is 470 g/mol. The van der Waals surface area contributed by atoms with Gasteiger partial charge < -0.3 is 10.1 Å². The fourth-order valence-electron chi connectivity index (χ4n) is 3.67. The Morgan fingerprint density at radius 1 is 1.00 bits per heavy atom. The highest BCUT2D eigenvalue weighted by Crippen LogP contribution is 2.29. The highest BCUT2D eigenvalue weighted by molar-refractivity contribution is 8.00. The Morgan fingerprint density at radius 3 is 2.53 bits per heavy atom. The molecular weight excluding hydrogens is 446 g/mol. The van der Waals surface area contributed by atoms with Gasteiger partial charge in [-0.1, -0.05) is 65.9 Å². The predicted molar refractivity (Wildman–Crippen MR) is 134 cm³/mol. The molecule has 0 aliphatic heterocycles. The van der Waals surface area contributed by atoms with Gasteiger partial charge in [-0.25, -0.2) is 4.98 Å². The zero-order valence-electron chi connectivity index (χ0n) is 18.9. The fourth-order valence-corrected chi connectivity index (χ4v) is 4.47. The number of nitrogens with one attached hydrogen (secondary N) is 1. The summed E-state index contributed by atoms with van der Waals surface area (Å²) >= 11 is 1.36. The van der Waals surface area contributed by atoms with Crippen LogP contribution in [0.15, 0.2) is 77.8 Å². The first-order chi connectivity index (χ1) is 16.6. The average Bonchev–Trinajstić information content (AvgIpc) is 3.32. The van der Waals surface area contributed by atoms with Crippen LogP contribution in [0.25, 0.3) is 28.1 Å². The van der Waals surface area contributed by atoms with E-state index in [9.17, 15) is 4.79 Å². The number of amides is 1. The molecule has 1 amide bonds. The van der Waals surface area contributed by atoms with Crippen LogP contribution in [0.3, 0.4) is 0 Å². The molecule has 0 saturated heterocycles. The third-order valence-corrected chi connectivity index (χ3v) is 6.45. The molecule has 5 rings (SSSR count). The summed E-state index contributed by atoms with van der Waals surface area (Å²) in [4.78, 5) is 17.3. The smallest absolute Gasteiger partial charge is 0.230 e. The van der Waals surface area contributed by atoms with Crippen LogP contribution >= 0.6 is 11.8 Å². The Bertz CT molecular complexity index is 1460. The van der Waals surface area contributed by atoms with Crippen molar-refractivity contribution in [2.75, 3.05) is 12.9 Å². The van der Waals surface area contributed by atoms with E-state index < -0.39 is 0 Å². The van der Waals surface area contributed by atoms with E-state index >= 15 is 0 Å². The molecule has 0 unspecified atom stereocenters. The van der Waals surface area contributed by atoms with Crippen LogP contribution in [0.5, 0.6) is 5.75 Å². The summed E-state index contributed by atoms with van der Waals surface area (Å²) in [6.45, 7) is 2.51. The van der Waals surface area contributed by atoms with E-state index in [0.717, 1.165) is 33.7 Å². The number of hydrogen-bond acceptors (Lipinski definition) is 6. The molecule has 34 heavy (non-hydrogen) atoms. The quantitative estimate of drug-likeness (QED) is 0.349. The minimum atomic E-state index is -0.0767. The molecule has 1 N–H and O–H groups in total. The maximum absolute atomic E-state index is 12.5. The number of ether oxygens (including phenoxy) is 1. The van der Waals surface area contributed by atoms with Crippen LogP contribution < -0.4 is 10.1 Å². The van der Waals surface area contributed by atoms with Crippen molar-refractivity contribution in [3.63, 3.8) is 0 Å². The van der Waals surface area contributed by atoms with Gasteiger partial charge in [0.2, 0.25) is 5.91 Å². The van der Waals surface area contributed by atoms with Crippen LogP contribution in [0.4, 0.5) is 0 Å². The van der Waals surface area contributed by atoms with Crippen molar-refractivity contribution in [2.24, 2.45) is 0 Å². The first-order valence-electron chi connectivity index (χ1n) is 10.9. The van der Waals surface area contributed by atoms with Gasteiger partial charge in [0.15, 0.2) is 11.5 Å². The summed E-state index contributed by atoms with van der Waals surface area (Å²) < 4.78 is 7.19. The summed E-state index contributed by atoms with van der Waals surface area (Å²) in [6, 6.07) is 23.7. The number of carbonyl (C=O) groups is 1. The summed E-state index contributed by atoms with van der Waals surface area (Å²) in [5.41, 5.74) is 5.55. The lowest BCUT2D eigenvalue weighted by Crippen LogP contribution is -2.24. The number of carbonyl (C=O) groups excluding carboxylic acids is 1. The number of rotatable bonds is 7. The molecule has 0 saturated carbocycles. The molecule has 0 aliphatic rings. The van der Waals surface area contributed by atoms with Gasteiger partial charge in [0.05, 0.1) is 23.9 Å². The number of para-hydroxylation sites is 2. The van der Waals surface area contributed by atoms with Crippen LogP contribution in [-0.2, 0) is 11.3 Å². The van der Waals surface area contributed by atoms with Gasteiger partial charge in [-0.2, -0.15) is 0 Å². The van der Waals surface area contributed by atoms with Gasteiger partial charge in [0, 0.05) is 12.1 Å². The molecule has 5 aromatic rings. The number of methoxy groups -OCH3 is 1. The van der Waals surface area contributed by atoms with E-state index in [-0.39, 0.29) is 11.7 Å². The first-order valence-corrected chi connectivity index (χ1v) is 11.8. The van der Waals surface area contributed by atoms with E-state index in [4.69, 9.17) is 9.72 Å². The highest BCUT2D eigenvalue weighted by Gasteiger charge is 2.17. The number of benzene rings is 3. The molecule has 2 heterocycles. The molecule has 7 nitrogen and oxygen atoms in total. The lowest BCUT2D eigenvalue weighted by molar-refractivity contribution is -0.118. The summed E-state index contributed by atoms with van der Waals surface area (Å²) in [6.07, 6.45) is 0. The standard InChI is InChI=1S/C26H23N5O2S/c1-17-7-11-19(12-8-17)24-29-30-25-26(28-21-5-3-4-6-22(21)31(24)25)34-16-23(32)27-15-18-9-13-20(33-2)14-10-18/h3-14H,15-16H2,1-2H3,(H,27,32). The SMILES string of the molecule is COc1ccc(CNC(=O)CSc2nc3ccccc3n3c(-c4ccc(C)cc4)nnc23)cc1. The van der Waals surface area contributed by atoms with E-state index in [1.165, 1.54) is 17.3 Å². The molecular formula is C26H23N5O2S. The number of aryl methyl sites for hydroxylation is 1. The maximum atomic E-state index is 12.5.